The number of carboxylic acid groups (broad SMARTS) is 1. The minimum Gasteiger partial charge on any atom is -0.481 e. The lowest BCUT2D eigenvalue weighted by Gasteiger charge is -2.09. The Labute approximate surface area is 125 Å². The third-order valence-corrected chi connectivity index (χ3v) is 2.88. The number of hydrogen-bond acceptors (Lipinski definition) is 6. The molecule has 2 N–H and O–H groups in total. The van der Waals surface area contributed by atoms with Crippen LogP contribution in [-0.2, 0) is 0 Å². The van der Waals surface area contributed by atoms with Gasteiger partial charge < -0.3 is 19.9 Å². The first-order chi connectivity index (χ1) is 10.0. The smallest absolute Gasteiger partial charge is 0.337 e. The van der Waals surface area contributed by atoms with Gasteiger partial charge in [-0.15, -0.1) is 0 Å². The van der Waals surface area contributed by atoms with Crippen molar-refractivity contribution in [3.63, 3.8) is 0 Å². The molecular formula is C13H12ClN3O4. The number of hydrogen-bond donors (Lipinski definition) is 2. The van der Waals surface area contributed by atoms with Crippen LogP contribution in [0.4, 0.5) is 11.6 Å². The van der Waals surface area contributed by atoms with Crippen molar-refractivity contribution in [2.45, 2.75) is 0 Å². The predicted octanol–water partition coefficient (Wildman–Crippen LogP) is 2.59. The minimum absolute atomic E-state index is 0.0171. The molecule has 2 aromatic rings. The van der Waals surface area contributed by atoms with Gasteiger partial charge in [-0.2, -0.15) is 9.97 Å². The topological polar surface area (TPSA) is 93.6 Å². The largest absolute Gasteiger partial charge is 0.481 e. The van der Waals surface area contributed by atoms with Gasteiger partial charge in [-0.25, -0.2) is 4.79 Å². The molecule has 0 atom stereocenters. The molecule has 2 rings (SSSR count). The number of methoxy groups -OCH3 is 2. The van der Waals surface area contributed by atoms with E-state index in [9.17, 15) is 4.79 Å². The maximum Gasteiger partial charge on any atom is 0.337 e. The molecule has 7 nitrogen and oxygen atoms in total. The number of anilines is 2. The van der Waals surface area contributed by atoms with Crippen LogP contribution >= 0.6 is 11.6 Å². The summed E-state index contributed by atoms with van der Waals surface area (Å²) in [6.45, 7) is 0. The van der Waals surface area contributed by atoms with Crippen molar-refractivity contribution >= 4 is 29.2 Å². The molecule has 0 aliphatic carbocycles. The van der Waals surface area contributed by atoms with Crippen molar-refractivity contribution in [3.05, 3.63) is 34.9 Å². The maximum absolute atomic E-state index is 11.0. The normalized spacial score (nSPS) is 10.0. The lowest BCUT2D eigenvalue weighted by molar-refractivity contribution is 0.0697. The number of nitrogens with one attached hydrogen (secondary N) is 1. The maximum atomic E-state index is 11.0. The Kier molecular flexibility index (Phi) is 4.44. The second-order valence-electron chi connectivity index (χ2n) is 3.90. The van der Waals surface area contributed by atoms with Crippen LogP contribution < -0.4 is 14.8 Å². The summed E-state index contributed by atoms with van der Waals surface area (Å²) in [5.74, 6) is -0.272. The monoisotopic (exact) mass is 309 g/mol. The quantitative estimate of drug-likeness (QED) is 0.876. The molecule has 21 heavy (non-hydrogen) atoms. The van der Waals surface area contributed by atoms with Gasteiger partial charge in [0.05, 0.1) is 30.9 Å². The van der Waals surface area contributed by atoms with Gasteiger partial charge in [0.2, 0.25) is 17.7 Å². The Morgan fingerprint density at radius 2 is 1.81 bits per heavy atom. The van der Waals surface area contributed by atoms with Crippen LogP contribution in [0.15, 0.2) is 24.3 Å². The molecule has 0 fully saturated rings. The first-order valence-corrected chi connectivity index (χ1v) is 6.18. The fourth-order valence-electron chi connectivity index (χ4n) is 1.56. The van der Waals surface area contributed by atoms with Crippen molar-refractivity contribution in [1.29, 1.82) is 0 Å². The Hall–Kier alpha value is -2.54. The van der Waals surface area contributed by atoms with Gasteiger partial charge in [-0.1, -0.05) is 11.6 Å². The van der Waals surface area contributed by atoms with Gasteiger partial charge in [-0.05, 0) is 18.2 Å². The van der Waals surface area contributed by atoms with E-state index in [1.165, 1.54) is 32.4 Å². The van der Waals surface area contributed by atoms with E-state index in [1.807, 2.05) is 0 Å². The van der Waals surface area contributed by atoms with E-state index < -0.39 is 5.97 Å². The molecule has 0 spiro atoms. The second-order valence-corrected chi connectivity index (χ2v) is 4.31. The number of nitrogens with zero attached hydrogens (tertiary/aromatic N) is 2. The first kappa shape index (κ1) is 14.9. The van der Waals surface area contributed by atoms with Crippen molar-refractivity contribution in [1.82, 2.24) is 9.97 Å². The molecule has 1 aromatic carbocycles. The standard InChI is InChI=1S/C13H12ClN3O4/c1-20-10-6-11(21-2)17-13(16-10)15-7-3-4-9(14)8(5-7)12(18)19/h3-6H,1-2H3,(H,18,19)(H,15,16,17). The summed E-state index contributed by atoms with van der Waals surface area (Å²) < 4.78 is 10.1. The highest BCUT2D eigenvalue weighted by molar-refractivity contribution is 6.33. The van der Waals surface area contributed by atoms with Gasteiger partial charge in [0.25, 0.3) is 0 Å². The van der Waals surface area contributed by atoms with E-state index in [0.29, 0.717) is 17.4 Å². The van der Waals surface area contributed by atoms with Crippen LogP contribution in [0.3, 0.4) is 0 Å². The van der Waals surface area contributed by atoms with Gasteiger partial charge >= 0.3 is 5.97 Å². The minimum atomic E-state index is -1.12. The average molecular weight is 310 g/mol. The zero-order valence-electron chi connectivity index (χ0n) is 11.3. The summed E-state index contributed by atoms with van der Waals surface area (Å²) in [6.07, 6.45) is 0. The lowest BCUT2D eigenvalue weighted by Crippen LogP contribution is -2.03. The van der Waals surface area contributed by atoms with Crippen LogP contribution in [0.25, 0.3) is 0 Å². The molecule has 0 amide bonds. The summed E-state index contributed by atoms with van der Waals surface area (Å²) in [5, 5.41) is 12.1. The van der Waals surface area contributed by atoms with E-state index in [2.05, 4.69) is 15.3 Å². The molecular weight excluding hydrogens is 298 g/mol. The first-order valence-electron chi connectivity index (χ1n) is 5.80. The second kappa shape index (κ2) is 6.27. The van der Waals surface area contributed by atoms with E-state index in [1.54, 1.807) is 6.07 Å². The summed E-state index contributed by atoms with van der Waals surface area (Å²) >= 11 is 5.81. The highest BCUT2D eigenvalue weighted by Gasteiger charge is 2.11. The average Bonchev–Trinajstić information content (AvgIpc) is 2.48. The fraction of sp³-hybridized carbons (Fsp3) is 0.154. The summed E-state index contributed by atoms with van der Waals surface area (Å²) in [4.78, 5) is 19.2. The van der Waals surface area contributed by atoms with Crippen LogP contribution in [0.2, 0.25) is 5.02 Å². The SMILES string of the molecule is COc1cc(OC)nc(Nc2ccc(Cl)c(C(=O)O)c2)n1. The third-order valence-electron chi connectivity index (χ3n) is 2.55. The third kappa shape index (κ3) is 3.51. The number of carbonyl (C=O) groups is 1. The fourth-order valence-corrected chi connectivity index (χ4v) is 1.76. The van der Waals surface area contributed by atoms with Crippen molar-refractivity contribution in [2.24, 2.45) is 0 Å². The molecule has 0 saturated heterocycles. The van der Waals surface area contributed by atoms with E-state index in [0.717, 1.165) is 0 Å². The number of aromatic carboxylic acids is 1. The molecule has 1 heterocycles. The molecule has 0 radical (unpaired) electrons. The zero-order chi connectivity index (χ0) is 15.4. The summed E-state index contributed by atoms with van der Waals surface area (Å²) in [5.41, 5.74) is 0.462. The van der Waals surface area contributed by atoms with Gasteiger partial charge in [0.15, 0.2) is 0 Å². The van der Waals surface area contributed by atoms with Crippen molar-refractivity contribution in [2.75, 3.05) is 19.5 Å². The van der Waals surface area contributed by atoms with Gasteiger partial charge in [-0.3, -0.25) is 0 Å². The summed E-state index contributed by atoms with van der Waals surface area (Å²) in [6, 6.07) is 6.00. The van der Waals surface area contributed by atoms with Gasteiger partial charge in [0, 0.05) is 5.69 Å². The number of benzene rings is 1. The van der Waals surface area contributed by atoms with E-state index in [4.69, 9.17) is 26.2 Å². The van der Waals surface area contributed by atoms with Gasteiger partial charge in [0.1, 0.15) is 0 Å². The highest BCUT2D eigenvalue weighted by atomic mass is 35.5. The van der Waals surface area contributed by atoms with E-state index >= 15 is 0 Å². The van der Waals surface area contributed by atoms with Crippen LogP contribution in [0.1, 0.15) is 10.4 Å². The van der Waals surface area contributed by atoms with Crippen LogP contribution in [0, 0.1) is 0 Å². The van der Waals surface area contributed by atoms with E-state index in [-0.39, 0.29) is 16.5 Å². The number of ether oxygens (including phenoxy) is 2. The Bertz CT molecular complexity index is 656. The number of rotatable bonds is 5. The molecule has 0 bridgehead atoms. The Morgan fingerprint density at radius 1 is 1.19 bits per heavy atom. The molecule has 0 unspecified atom stereocenters. The molecule has 0 saturated carbocycles. The Morgan fingerprint density at radius 3 is 2.33 bits per heavy atom. The highest BCUT2D eigenvalue weighted by Crippen LogP contribution is 2.24. The predicted molar refractivity (Wildman–Crippen MR) is 76.8 cm³/mol. The number of carboxylic acids is 1. The number of halogens is 1. The number of aromatic nitrogens is 2. The van der Waals surface area contributed by atoms with Crippen LogP contribution in [0.5, 0.6) is 11.8 Å². The molecule has 1 aromatic heterocycles. The summed E-state index contributed by atoms with van der Waals surface area (Å²) in [7, 11) is 2.94. The molecule has 0 aliphatic heterocycles. The zero-order valence-corrected chi connectivity index (χ0v) is 12.0. The van der Waals surface area contributed by atoms with Crippen molar-refractivity contribution in [3.8, 4) is 11.8 Å². The molecule has 110 valence electrons. The Balaban J connectivity index is 2.33. The molecule has 0 aliphatic rings. The lowest BCUT2D eigenvalue weighted by atomic mass is 10.2. The van der Waals surface area contributed by atoms with Crippen molar-refractivity contribution < 1.29 is 19.4 Å². The molecule has 8 heteroatoms. The van der Waals surface area contributed by atoms with Crippen LogP contribution in [-0.4, -0.2) is 35.3 Å².